The van der Waals surface area contributed by atoms with Crippen molar-refractivity contribution in [2.75, 3.05) is 7.11 Å². The Kier molecular flexibility index (Phi) is 7.12. The molecule has 1 saturated carbocycles. The second-order valence-corrected chi connectivity index (χ2v) is 12.8. The number of methoxy groups -OCH3 is 1. The number of rotatable bonds is 4. The molecule has 5 rings (SSSR count). The molecule has 3 aliphatic rings. The van der Waals surface area contributed by atoms with Crippen LogP contribution in [0.4, 0.5) is 0 Å². The number of fused-ring (bicyclic) bond motifs is 1. The fraction of sp³-hybridized carbons (Fsp3) is 0.500. The molecule has 2 amide bonds. The number of ether oxygens (including phenoxy) is 1. The molecule has 0 unspecified atom stereocenters. The number of imide groups is 1. The van der Waals surface area contributed by atoms with Crippen molar-refractivity contribution in [3.63, 3.8) is 0 Å². The largest absolute Gasteiger partial charge is 0.468 e. The van der Waals surface area contributed by atoms with Crippen molar-refractivity contribution >= 4 is 41.0 Å². The minimum atomic E-state index is -1.20. The Balaban J connectivity index is 1.63. The molecule has 2 aromatic carbocycles. The molecule has 1 N–H and O–H groups in total. The van der Waals surface area contributed by atoms with Gasteiger partial charge in [-0.3, -0.25) is 24.6 Å². The highest BCUT2D eigenvalue weighted by molar-refractivity contribution is 6.31. The van der Waals surface area contributed by atoms with Crippen molar-refractivity contribution in [3.8, 4) is 0 Å². The zero-order valence-corrected chi connectivity index (χ0v) is 23.7. The second-order valence-electron chi connectivity index (χ2n) is 11.9. The maximum absolute atomic E-state index is 14.4. The lowest BCUT2D eigenvalue weighted by molar-refractivity contribution is -0.150. The molecule has 38 heavy (non-hydrogen) atoms. The van der Waals surface area contributed by atoms with E-state index in [9.17, 15) is 14.4 Å². The number of hydrogen-bond donors (Lipinski definition) is 1. The van der Waals surface area contributed by atoms with Gasteiger partial charge in [-0.15, -0.1) is 0 Å². The molecule has 8 heteroatoms. The van der Waals surface area contributed by atoms with Gasteiger partial charge in [0.25, 0.3) is 0 Å². The zero-order valence-electron chi connectivity index (χ0n) is 22.2. The Hall–Kier alpha value is -2.41. The van der Waals surface area contributed by atoms with Crippen molar-refractivity contribution in [2.45, 2.75) is 64.1 Å². The Morgan fingerprint density at radius 1 is 0.947 bits per heavy atom. The van der Waals surface area contributed by atoms with Gasteiger partial charge in [0.05, 0.1) is 24.5 Å². The Morgan fingerprint density at radius 3 is 1.97 bits per heavy atom. The van der Waals surface area contributed by atoms with Gasteiger partial charge in [0.2, 0.25) is 11.8 Å². The number of likely N-dealkylation sites (tertiary alicyclic amines) is 1. The van der Waals surface area contributed by atoms with Crippen LogP contribution < -0.4 is 5.32 Å². The van der Waals surface area contributed by atoms with Gasteiger partial charge >= 0.3 is 5.97 Å². The molecule has 1 aliphatic carbocycles. The zero-order chi connectivity index (χ0) is 27.4. The van der Waals surface area contributed by atoms with E-state index in [0.29, 0.717) is 27.1 Å². The number of hydrogen-bond acceptors (Lipinski definition) is 5. The van der Waals surface area contributed by atoms with E-state index in [2.05, 4.69) is 26.1 Å². The number of halogens is 2. The number of benzene rings is 2. The summed E-state index contributed by atoms with van der Waals surface area (Å²) in [5, 5.41) is 4.36. The number of nitrogens with zero attached hydrogens (tertiary/aromatic N) is 1. The summed E-state index contributed by atoms with van der Waals surface area (Å²) >= 11 is 12.9. The van der Waals surface area contributed by atoms with Gasteiger partial charge in [-0.1, -0.05) is 68.2 Å². The summed E-state index contributed by atoms with van der Waals surface area (Å²) in [6, 6.07) is 13.2. The van der Waals surface area contributed by atoms with Crippen molar-refractivity contribution in [1.29, 1.82) is 0 Å². The summed E-state index contributed by atoms with van der Waals surface area (Å²) in [5.74, 6) is -2.39. The summed E-state index contributed by atoms with van der Waals surface area (Å²) < 4.78 is 5.14. The Labute approximate surface area is 234 Å². The average molecular weight is 558 g/mol. The normalized spacial score (nSPS) is 28.9. The summed E-state index contributed by atoms with van der Waals surface area (Å²) in [6.07, 6.45) is 3.42. The van der Waals surface area contributed by atoms with Crippen LogP contribution in [-0.4, -0.2) is 41.9 Å². The molecule has 2 aliphatic heterocycles. The topological polar surface area (TPSA) is 75.7 Å². The number of carbonyl (C=O) groups excluding carboxylic acids is 3. The number of nitrogens with one attached hydrogen (secondary N) is 1. The van der Waals surface area contributed by atoms with Gasteiger partial charge in [-0.25, -0.2) is 0 Å². The SMILES string of the molecule is COC(=O)[C@@H]1NC(c2cccc(Cl)c2)(c2cccc(Cl)c2)[C@@H]2C(=O)N(C3CCC(C(C)(C)C)CC3)C(=O)[C@@H]21. The first-order chi connectivity index (χ1) is 18.0. The molecule has 0 radical (unpaired) electrons. The van der Waals surface area contributed by atoms with Gasteiger partial charge in [0, 0.05) is 16.1 Å². The molecular weight excluding hydrogens is 523 g/mol. The van der Waals surface area contributed by atoms with Crippen LogP contribution in [0, 0.1) is 23.2 Å². The van der Waals surface area contributed by atoms with E-state index in [1.807, 2.05) is 12.1 Å². The van der Waals surface area contributed by atoms with E-state index in [-0.39, 0.29) is 23.3 Å². The quantitative estimate of drug-likeness (QED) is 0.392. The van der Waals surface area contributed by atoms with E-state index in [4.69, 9.17) is 27.9 Å². The first-order valence-corrected chi connectivity index (χ1v) is 14.0. The molecule has 202 valence electrons. The lowest BCUT2D eigenvalue weighted by Gasteiger charge is -2.41. The van der Waals surface area contributed by atoms with Gasteiger partial charge in [-0.05, 0) is 72.4 Å². The van der Waals surface area contributed by atoms with E-state index in [1.165, 1.54) is 12.0 Å². The minimum absolute atomic E-state index is 0.175. The van der Waals surface area contributed by atoms with Crippen LogP contribution in [0.2, 0.25) is 10.0 Å². The number of esters is 1. The third kappa shape index (κ3) is 4.35. The lowest BCUT2D eigenvalue weighted by atomic mass is 9.71. The van der Waals surface area contributed by atoms with Crippen LogP contribution >= 0.6 is 23.2 Å². The van der Waals surface area contributed by atoms with Crippen molar-refractivity contribution in [3.05, 3.63) is 69.7 Å². The van der Waals surface area contributed by atoms with Gasteiger partial charge in [-0.2, -0.15) is 0 Å². The monoisotopic (exact) mass is 556 g/mol. The molecule has 3 atom stereocenters. The smallest absolute Gasteiger partial charge is 0.323 e. The summed E-state index contributed by atoms with van der Waals surface area (Å²) in [5.41, 5.74) is 0.347. The van der Waals surface area contributed by atoms with E-state index < -0.39 is 29.4 Å². The van der Waals surface area contributed by atoms with Crippen molar-refractivity contribution in [2.24, 2.45) is 23.2 Å². The lowest BCUT2D eigenvalue weighted by Crippen LogP contribution is -2.53. The Morgan fingerprint density at radius 2 is 1.50 bits per heavy atom. The van der Waals surface area contributed by atoms with Crippen LogP contribution in [0.3, 0.4) is 0 Å². The van der Waals surface area contributed by atoms with Crippen LogP contribution in [0.25, 0.3) is 0 Å². The van der Waals surface area contributed by atoms with E-state index >= 15 is 0 Å². The van der Waals surface area contributed by atoms with Crippen LogP contribution in [0.5, 0.6) is 0 Å². The third-order valence-electron chi connectivity index (χ3n) is 8.90. The van der Waals surface area contributed by atoms with E-state index in [1.54, 1.807) is 36.4 Å². The first kappa shape index (κ1) is 27.2. The summed E-state index contributed by atoms with van der Waals surface area (Å²) in [6.45, 7) is 6.72. The molecule has 6 nitrogen and oxygen atoms in total. The number of amides is 2. The average Bonchev–Trinajstić information content (AvgIpc) is 3.37. The molecule has 0 spiro atoms. The van der Waals surface area contributed by atoms with Gasteiger partial charge in [0.15, 0.2) is 0 Å². The highest BCUT2D eigenvalue weighted by Crippen LogP contribution is 2.53. The second kappa shape index (κ2) is 9.96. The molecule has 0 aromatic heterocycles. The minimum Gasteiger partial charge on any atom is -0.468 e. The maximum atomic E-state index is 14.4. The Bertz CT molecular complexity index is 1220. The van der Waals surface area contributed by atoms with Gasteiger partial charge in [0.1, 0.15) is 6.04 Å². The fourth-order valence-electron chi connectivity index (χ4n) is 6.98. The fourth-order valence-corrected chi connectivity index (χ4v) is 7.36. The van der Waals surface area contributed by atoms with Crippen LogP contribution in [0.15, 0.2) is 48.5 Å². The van der Waals surface area contributed by atoms with Crippen LogP contribution in [-0.2, 0) is 24.7 Å². The third-order valence-corrected chi connectivity index (χ3v) is 9.37. The first-order valence-electron chi connectivity index (χ1n) is 13.2. The van der Waals surface area contributed by atoms with Crippen molar-refractivity contribution < 1.29 is 19.1 Å². The maximum Gasteiger partial charge on any atom is 0.323 e. The molecule has 2 aromatic rings. The standard InChI is InChI=1S/C30H34Cl2N2O4/c1-29(2,3)17-11-13-22(14-12-17)34-26(35)23-24(27(34)36)30(33-25(23)28(37)38-4,18-7-5-9-20(31)15-18)19-8-6-10-21(32)16-19/h5-10,15-17,22-25,33H,11-14H2,1-4H3/t17?,22?,23-,24-,25+/m0/s1. The van der Waals surface area contributed by atoms with Crippen LogP contribution in [0.1, 0.15) is 57.6 Å². The molecule has 2 saturated heterocycles. The predicted molar refractivity (Wildman–Crippen MR) is 147 cm³/mol. The highest BCUT2D eigenvalue weighted by Gasteiger charge is 2.68. The highest BCUT2D eigenvalue weighted by atomic mass is 35.5. The summed E-state index contributed by atoms with van der Waals surface area (Å²) in [4.78, 5) is 43.1. The predicted octanol–water partition coefficient (Wildman–Crippen LogP) is 5.59. The van der Waals surface area contributed by atoms with Crippen molar-refractivity contribution in [1.82, 2.24) is 10.2 Å². The molecule has 2 heterocycles. The van der Waals surface area contributed by atoms with Gasteiger partial charge < -0.3 is 4.74 Å². The molecular formula is C30H34Cl2N2O4. The molecule has 3 fully saturated rings. The van der Waals surface area contributed by atoms with E-state index in [0.717, 1.165) is 25.7 Å². The summed E-state index contributed by atoms with van der Waals surface area (Å²) in [7, 11) is 1.30. The molecule has 0 bridgehead atoms. The number of carbonyl (C=O) groups is 3.